The summed E-state index contributed by atoms with van der Waals surface area (Å²) in [6, 6.07) is 12.9. The van der Waals surface area contributed by atoms with Gasteiger partial charge in [0, 0.05) is 38.4 Å². The number of aromatic nitrogens is 1. The van der Waals surface area contributed by atoms with Gasteiger partial charge in [0.15, 0.2) is 0 Å². The van der Waals surface area contributed by atoms with Gasteiger partial charge in [0.1, 0.15) is 0 Å². The monoisotopic (exact) mass is 282 g/mol. The number of rotatable bonds is 3. The van der Waals surface area contributed by atoms with Crippen LogP contribution in [0, 0.1) is 6.92 Å². The third-order valence-electron chi connectivity index (χ3n) is 4.03. The number of hydrogen-bond donors (Lipinski definition) is 1. The van der Waals surface area contributed by atoms with E-state index in [9.17, 15) is 0 Å². The molecule has 0 bridgehead atoms. The fraction of sp³-hybridized carbons (Fsp3) is 0.353. The second-order valence-corrected chi connectivity index (χ2v) is 5.52. The Balaban J connectivity index is 1.64. The van der Waals surface area contributed by atoms with Gasteiger partial charge in [-0.3, -0.25) is 4.98 Å². The standard InChI is InChI=1S/C17H22N4/c1-14-3-2-4-16(11-14)20-7-9-21(10-8-20)17-6-5-15(12-18)19-13-17/h2-6,11,13H,7-10,12,18H2,1H3. The van der Waals surface area contributed by atoms with E-state index >= 15 is 0 Å². The van der Waals surface area contributed by atoms with Crippen molar-refractivity contribution in [1.82, 2.24) is 4.98 Å². The lowest BCUT2D eigenvalue weighted by atomic mass is 10.2. The summed E-state index contributed by atoms with van der Waals surface area (Å²) in [4.78, 5) is 9.22. The average Bonchev–Trinajstić information content (AvgIpc) is 2.55. The molecule has 3 rings (SSSR count). The first-order valence-electron chi connectivity index (χ1n) is 7.48. The Bertz CT molecular complexity index is 586. The molecule has 0 spiro atoms. The first kappa shape index (κ1) is 13.9. The number of piperazine rings is 1. The van der Waals surface area contributed by atoms with E-state index in [1.54, 1.807) is 0 Å². The zero-order chi connectivity index (χ0) is 14.7. The van der Waals surface area contributed by atoms with Gasteiger partial charge in [-0.05, 0) is 36.8 Å². The predicted octanol–water partition coefficient (Wildman–Crippen LogP) is 2.18. The molecule has 110 valence electrons. The minimum absolute atomic E-state index is 0.501. The molecule has 1 saturated heterocycles. The number of benzene rings is 1. The number of nitrogens with zero attached hydrogens (tertiary/aromatic N) is 3. The molecule has 0 atom stereocenters. The number of nitrogens with two attached hydrogens (primary N) is 1. The van der Waals surface area contributed by atoms with Crippen molar-refractivity contribution >= 4 is 11.4 Å². The van der Waals surface area contributed by atoms with Gasteiger partial charge in [0.25, 0.3) is 0 Å². The van der Waals surface area contributed by atoms with Crippen LogP contribution in [0.2, 0.25) is 0 Å². The van der Waals surface area contributed by atoms with E-state index in [0.717, 1.165) is 31.9 Å². The summed E-state index contributed by atoms with van der Waals surface area (Å²) < 4.78 is 0. The number of anilines is 2. The summed E-state index contributed by atoms with van der Waals surface area (Å²) in [5, 5.41) is 0. The first-order chi connectivity index (χ1) is 10.3. The van der Waals surface area contributed by atoms with Gasteiger partial charge in [-0.15, -0.1) is 0 Å². The van der Waals surface area contributed by atoms with E-state index < -0.39 is 0 Å². The van der Waals surface area contributed by atoms with Crippen LogP contribution < -0.4 is 15.5 Å². The normalized spacial score (nSPS) is 15.3. The molecule has 1 aromatic carbocycles. The summed E-state index contributed by atoms with van der Waals surface area (Å²) in [6.45, 7) is 6.78. The predicted molar refractivity (Wildman–Crippen MR) is 87.7 cm³/mol. The smallest absolute Gasteiger partial charge is 0.0554 e. The molecule has 0 radical (unpaired) electrons. The fourth-order valence-electron chi connectivity index (χ4n) is 2.77. The van der Waals surface area contributed by atoms with E-state index in [1.807, 2.05) is 12.3 Å². The molecule has 1 aliphatic rings. The quantitative estimate of drug-likeness (QED) is 0.937. The van der Waals surface area contributed by atoms with Gasteiger partial charge in [-0.1, -0.05) is 12.1 Å². The van der Waals surface area contributed by atoms with Crippen molar-refractivity contribution in [1.29, 1.82) is 0 Å². The largest absolute Gasteiger partial charge is 0.368 e. The number of aryl methyl sites for hydroxylation is 1. The highest BCUT2D eigenvalue weighted by Crippen LogP contribution is 2.20. The lowest BCUT2D eigenvalue weighted by molar-refractivity contribution is 0.652. The fourth-order valence-corrected chi connectivity index (χ4v) is 2.77. The molecule has 0 unspecified atom stereocenters. The molecule has 2 N–H and O–H groups in total. The maximum absolute atomic E-state index is 5.59. The van der Waals surface area contributed by atoms with Gasteiger partial charge in [-0.25, -0.2) is 0 Å². The average molecular weight is 282 g/mol. The molecule has 0 aliphatic carbocycles. The topological polar surface area (TPSA) is 45.4 Å². The van der Waals surface area contributed by atoms with E-state index in [0.29, 0.717) is 6.54 Å². The summed E-state index contributed by atoms with van der Waals surface area (Å²) >= 11 is 0. The molecular formula is C17H22N4. The van der Waals surface area contributed by atoms with Crippen molar-refractivity contribution in [2.45, 2.75) is 13.5 Å². The van der Waals surface area contributed by atoms with Crippen LogP contribution in [0.5, 0.6) is 0 Å². The summed E-state index contributed by atoms with van der Waals surface area (Å²) in [6.07, 6.45) is 1.94. The third-order valence-corrected chi connectivity index (χ3v) is 4.03. The van der Waals surface area contributed by atoms with Gasteiger partial charge >= 0.3 is 0 Å². The van der Waals surface area contributed by atoms with E-state index in [1.165, 1.54) is 16.9 Å². The summed E-state index contributed by atoms with van der Waals surface area (Å²) in [5.74, 6) is 0. The van der Waals surface area contributed by atoms with Crippen LogP contribution in [0.15, 0.2) is 42.6 Å². The molecule has 0 amide bonds. The molecular weight excluding hydrogens is 260 g/mol. The van der Waals surface area contributed by atoms with Crippen LogP contribution in [0.4, 0.5) is 11.4 Å². The van der Waals surface area contributed by atoms with Crippen LogP contribution >= 0.6 is 0 Å². The van der Waals surface area contributed by atoms with Gasteiger partial charge < -0.3 is 15.5 Å². The Labute approximate surface area is 126 Å². The molecule has 4 nitrogen and oxygen atoms in total. The molecule has 4 heteroatoms. The Kier molecular flexibility index (Phi) is 4.06. The van der Waals surface area contributed by atoms with Crippen molar-refractivity contribution in [3.05, 3.63) is 53.9 Å². The highest BCUT2D eigenvalue weighted by Gasteiger charge is 2.17. The molecule has 0 saturated carbocycles. The van der Waals surface area contributed by atoms with Crippen molar-refractivity contribution in [3.63, 3.8) is 0 Å². The third kappa shape index (κ3) is 3.16. The highest BCUT2D eigenvalue weighted by molar-refractivity contribution is 5.52. The molecule has 1 fully saturated rings. The van der Waals surface area contributed by atoms with Crippen LogP contribution in [-0.4, -0.2) is 31.2 Å². The Morgan fingerprint density at radius 1 is 1.00 bits per heavy atom. The summed E-state index contributed by atoms with van der Waals surface area (Å²) in [7, 11) is 0. The van der Waals surface area contributed by atoms with E-state index in [-0.39, 0.29) is 0 Å². The minimum atomic E-state index is 0.501. The SMILES string of the molecule is Cc1cccc(N2CCN(c3ccc(CN)nc3)CC2)c1. The van der Waals surface area contributed by atoms with Crippen LogP contribution in [0.25, 0.3) is 0 Å². The highest BCUT2D eigenvalue weighted by atomic mass is 15.3. The van der Waals surface area contributed by atoms with E-state index in [4.69, 9.17) is 5.73 Å². The second kappa shape index (κ2) is 6.14. The Hall–Kier alpha value is -2.07. The van der Waals surface area contributed by atoms with Crippen molar-refractivity contribution in [2.24, 2.45) is 5.73 Å². The Morgan fingerprint density at radius 3 is 2.29 bits per heavy atom. The maximum Gasteiger partial charge on any atom is 0.0554 e. The van der Waals surface area contributed by atoms with E-state index in [2.05, 4.69) is 52.0 Å². The van der Waals surface area contributed by atoms with Crippen LogP contribution in [0.3, 0.4) is 0 Å². The number of hydrogen-bond acceptors (Lipinski definition) is 4. The molecule has 2 aromatic rings. The zero-order valence-corrected chi connectivity index (χ0v) is 12.5. The molecule has 21 heavy (non-hydrogen) atoms. The van der Waals surface area contributed by atoms with Gasteiger partial charge in [-0.2, -0.15) is 0 Å². The minimum Gasteiger partial charge on any atom is -0.368 e. The molecule has 2 heterocycles. The van der Waals surface area contributed by atoms with Crippen LogP contribution in [-0.2, 0) is 6.54 Å². The lowest BCUT2D eigenvalue weighted by Gasteiger charge is -2.37. The second-order valence-electron chi connectivity index (χ2n) is 5.52. The summed E-state index contributed by atoms with van der Waals surface area (Å²) in [5.41, 5.74) is 10.4. The van der Waals surface area contributed by atoms with Crippen molar-refractivity contribution in [3.8, 4) is 0 Å². The van der Waals surface area contributed by atoms with Gasteiger partial charge in [0.05, 0.1) is 17.6 Å². The van der Waals surface area contributed by atoms with Crippen molar-refractivity contribution in [2.75, 3.05) is 36.0 Å². The maximum atomic E-state index is 5.59. The first-order valence-corrected chi connectivity index (χ1v) is 7.48. The zero-order valence-electron chi connectivity index (χ0n) is 12.5. The Morgan fingerprint density at radius 2 is 1.71 bits per heavy atom. The molecule has 1 aromatic heterocycles. The molecule has 1 aliphatic heterocycles. The lowest BCUT2D eigenvalue weighted by Crippen LogP contribution is -2.46. The number of pyridine rings is 1. The van der Waals surface area contributed by atoms with Crippen LogP contribution in [0.1, 0.15) is 11.3 Å². The van der Waals surface area contributed by atoms with Gasteiger partial charge in [0.2, 0.25) is 0 Å². The van der Waals surface area contributed by atoms with Crippen molar-refractivity contribution < 1.29 is 0 Å².